The molecule has 1 amide bonds. The third-order valence-corrected chi connectivity index (χ3v) is 3.66. The van der Waals surface area contributed by atoms with Gasteiger partial charge in [-0.1, -0.05) is 20.8 Å². The summed E-state index contributed by atoms with van der Waals surface area (Å²) in [5.41, 5.74) is 1.75. The van der Waals surface area contributed by atoms with E-state index in [2.05, 4.69) is 30.7 Å². The highest BCUT2D eigenvalue weighted by Crippen LogP contribution is 2.31. The lowest BCUT2D eigenvalue weighted by Gasteiger charge is -2.24. The molecule has 1 aromatic heterocycles. The van der Waals surface area contributed by atoms with E-state index in [1.54, 1.807) is 4.90 Å². The van der Waals surface area contributed by atoms with Crippen LogP contribution in [0.2, 0.25) is 0 Å². The van der Waals surface area contributed by atoms with Gasteiger partial charge < -0.3 is 4.74 Å². The van der Waals surface area contributed by atoms with E-state index in [4.69, 9.17) is 4.74 Å². The Morgan fingerprint density at radius 3 is 2.45 bits per heavy atom. The minimum absolute atomic E-state index is 0.0554. The molecule has 108 valence electrons. The molecule has 5 nitrogen and oxygen atoms in total. The fourth-order valence-corrected chi connectivity index (χ4v) is 2.28. The fraction of sp³-hybridized carbons (Fsp3) is 0.533. The smallest absolute Gasteiger partial charge is 0.295 e. The maximum absolute atomic E-state index is 12.4. The summed E-state index contributed by atoms with van der Waals surface area (Å²) >= 11 is 0. The molecule has 0 fully saturated rings. The Morgan fingerprint density at radius 2 is 1.95 bits per heavy atom. The van der Waals surface area contributed by atoms with Crippen molar-refractivity contribution in [1.29, 1.82) is 0 Å². The number of hydrogen-bond acceptors (Lipinski definition) is 4. The summed E-state index contributed by atoms with van der Waals surface area (Å²) in [5.74, 6) is 0.887. The van der Waals surface area contributed by atoms with E-state index in [1.807, 2.05) is 19.9 Å². The summed E-state index contributed by atoms with van der Waals surface area (Å²) in [5, 5.41) is 0. The van der Waals surface area contributed by atoms with Crippen LogP contribution in [-0.4, -0.2) is 29.0 Å². The zero-order valence-corrected chi connectivity index (χ0v) is 12.9. The average molecular weight is 275 g/mol. The molecule has 0 bridgehead atoms. The van der Waals surface area contributed by atoms with E-state index in [9.17, 15) is 4.79 Å². The number of carbonyl (C=O) groups excluding carboxylic acids is 1. The van der Waals surface area contributed by atoms with Gasteiger partial charge in [-0.3, -0.25) is 9.69 Å². The molecule has 0 aliphatic carbocycles. The van der Waals surface area contributed by atoms with Gasteiger partial charge in [-0.25, -0.2) is 9.97 Å². The van der Waals surface area contributed by atoms with E-state index in [-0.39, 0.29) is 17.4 Å². The minimum atomic E-state index is -0.143. The fourth-order valence-electron chi connectivity index (χ4n) is 2.28. The minimum Gasteiger partial charge on any atom is -0.491 e. The normalized spacial score (nSPS) is 19.8. The van der Waals surface area contributed by atoms with Crippen LogP contribution >= 0.6 is 0 Å². The zero-order chi connectivity index (χ0) is 15.1. The van der Waals surface area contributed by atoms with Gasteiger partial charge in [0.1, 0.15) is 12.1 Å². The summed E-state index contributed by atoms with van der Waals surface area (Å²) in [6, 6.07) is 1.82. The Balaban J connectivity index is 2.42. The van der Waals surface area contributed by atoms with Gasteiger partial charge in [0.2, 0.25) is 0 Å². The van der Waals surface area contributed by atoms with Crippen molar-refractivity contribution in [2.24, 2.45) is 0 Å². The van der Waals surface area contributed by atoms with E-state index in [0.717, 1.165) is 11.3 Å². The van der Waals surface area contributed by atoms with Crippen LogP contribution in [0, 0.1) is 0 Å². The second-order valence-electron chi connectivity index (χ2n) is 6.08. The van der Waals surface area contributed by atoms with Crippen molar-refractivity contribution in [1.82, 2.24) is 9.97 Å². The molecule has 0 radical (unpaired) electrons. The number of rotatable bonds is 2. The molecule has 0 N–H and O–H groups in total. The van der Waals surface area contributed by atoms with Crippen LogP contribution in [0.4, 0.5) is 5.82 Å². The number of amides is 1. The van der Waals surface area contributed by atoms with Crippen molar-refractivity contribution < 1.29 is 9.53 Å². The largest absolute Gasteiger partial charge is 0.491 e. The molecule has 0 saturated heterocycles. The summed E-state index contributed by atoms with van der Waals surface area (Å²) in [6.45, 7) is 10.1. The highest BCUT2D eigenvalue weighted by atomic mass is 16.5. The van der Waals surface area contributed by atoms with Gasteiger partial charge >= 0.3 is 0 Å². The van der Waals surface area contributed by atoms with Crippen LogP contribution in [0.25, 0.3) is 0 Å². The van der Waals surface area contributed by atoms with Crippen LogP contribution in [-0.2, 0) is 14.9 Å². The van der Waals surface area contributed by atoms with Crippen LogP contribution < -0.4 is 4.90 Å². The molecule has 2 rings (SSSR count). The Bertz CT molecular complexity index is 573. The lowest BCUT2D eigenvalue weighted by Crippen LogP contribution is -2.34. The number of aromatic nitrogens is 2. The topological polar surface area (TPSA) is 55.3 Å². The molecule has 5 heteroatoms. The second-order valence-corrected chi connectivity index (χ2v) is 6.08. The maximum Gasteiger partial charge on any atom is 0.295 e. The molecule has 1 aliphatic heterocycles. The average Bonchev–Trinajstić information content (AvgIpc) is 2.59. The summed E-state index contributed by atoms with van der Waals surface area (Å²) in [4.78, 5) is 22.6. The van der Waals surface area contributed by atoms with Crippen LogP contribution in [0.3, 0.4) is 0 Å². The van der Waals surface area contributed by atoms with Crippen LogP contribution in [0.5, 0.6) is 0 Å². The quantitative estimate of drug-likeness (QED) is 0.832. The van der Waals surface area contributed by atoms with E-state index in [1.165, 1.54) is 13.4 Å². The van der Waals surface area contributed by atoms with E-state index < -0.39 is 0 Å². The molecule has 1 unspecified atom stereocenters. The Labute approximate surface area is 119 Å². The van der Waals surface area contributed by atoms with Gasteiger partial charge in [-0.15, -0.1) is 0 Å². The number of hydrogen-bond donors (Lipinski definition) is 0. The Morgan fingerprint density at radius 1 is 1.30 bits per heavy atom. The molecule has 1 aromatic rings. The van der Waals surface area contributed by atoms with Gasteiger partial charge in [0, 0.05) is 11.5 Å². The van der Waals surface area contributed by atoms with Crippen molar-refractivity contribution in [3.05, 3.63) is 29.4 Å². The predicted molar refractivity (Wildman–Crippen MR) is 77.4 cm³/mol. The molecule has 0 saturated carbocycles. The maximum atomic E-state index is 12.4. The monoisotopic (exact) mass is 275 g/mol. The highest BCUT2D eigenvalue weighted by molar-refractivity contribution is 6.08. The molecule has 2 heterocycles. The molecular formula is C15H21N3O2. The molecule has 20 heavy (non-hydrogen) atoms. The summed E-state index contributed by atoms with van der Waals surface area (Å²) in [6.07, 6.45) is 1.51. The highest BCUT2D eigenvalue weighted by Gasteiger charge is 2.37. The molecule has 1 atom stereocenters. The van der Waals surface area contributed by atoms with E-state index >= 15 is 0 Å². The van der Waals surface area contributed by atoms with Crippen molar-refractivity contribution in [3.63, 3.8) is 0 Å². The summed E-state index contributed by atoms with van der Waals surface area (Å²) < 4.78 is 5.20. The molecule has 0 aromatic carbocycles. The van der Waals surface area contributed by atoms with Crippen molar-refractivity contribution in [3.8, 4) is 0 Å². The predicted octanol–water partition coefficient (Wildman–Crippen LogP) is 2.43. The Kier molecular flexibility index (Phi) is 3.54. The first-order valence-electron chi connectivity index (χ1n) is 6.68. The molecule has 1 aliphatic rings. The first-order valence-corrected chi connectivity index (χ1v) is 6.68. The first kappa shape index (κ1) is 14.5. The number of methoxy groups -OCH3 is 1. The van der Waals surface area contributed by atoms with Gasteiger partial charge in [0.15, 0.2) is 5.76 Å². The molecule has 0 spiro atoms. The number of ether oxygens (including phenoxy) is 1. The molecular weight excluding hydrogens is 254 g/mol. The van der Waals surface area contributed by atoms with Crippen LogP contribution in [0.15, 0.2) is 23.7 Å². The Hall–Kier alpha value is -1.91. The van der Waals surface area contributed by atoms with Crippen molar-refractivity contribution in [2.75, 3.05) is 12.0 Å². The van der Waals surface area contributed by atoms with Crippen molar-refractivity contribution >= 4 is 11.7 Å². The standard InChI is InChI=1S/C15H21N3O2/c1-9-10(2)18(14(19)13(9)20-6)12-7-11(15(3,4)5)16-8-17-12/h7-8,10H,1-6H3. The number of nitrogens with zero attached hydrogens (tertiary/aromatic N) is 3. The van der Waals surface area contributed by atoms with Gasteiger partial charge in [0.25, 0.3) is 5.91 Å². The third-order valence-electron chi connectivity index (χ3n) is 3.66. The SMILES string of the molecule is COC1=C(C)C(C)N(c2cc(C(C)(C)C)ncn2)C1=O. The number of anilines is 1. The third kappa shape index (κ3) is 2.28. The lowest BCUT2D eigenvalue weighted by atomic mass is 9.92. The van der Waals surface area contributed by atoms with Crippen molar-refractivity contribution in [2.45, 2.75) is 46.1 Å². The summed E-state index contributed by atoms with van der Waals surface area (Å²) in [7, 11) is 1.52. The van der Waals surface area contributed by atoms with Gasteiger partial charge in [-0.2, -0.15) is 0 Å². The second kappa shape index (κ2) is 4.89. The van der Waals surface area contributed by atoms with Gasteiger partial charge in [-0.05, 0) is 19.4 Å². The van der Waals surface area contributed by atoms with Gasteiger partial charge in [0.05, 0.1) is 18.8 Å². The van der Waals surface area contributed by atoms with Crippen LogP contribution in [0.1, 0.15) is 40.3 Å². The zero-order valence-electron chi connectivity index (χ0n) is 12.9. The number of carbonyl (C=O) groups is 1. The first-order chi connectivity index (χ1) is 9.27. The lowest BCUT2D eigenvalue weighted by molar-refractivity contribution is -0.117. The van der Waals surface area contributed by atoms with E-state index in [0.29, 0.717) is 11.6 Å².